The lowest BCUT2D eigenvalue weighted by Crippen LogP contribution is -2.41. The molecule has 0 amide bonds. The Kier molecular flexibility index (Phi) is 3.80. The third-order valence-corrected chi connectivity index (χ3v) is 3.68. The minimum atomic E-state index is -1.30. The maximum absolute atomic E-state index is 11.8. The summed E-state index contributed by atoms with van der Waals surface area (Å²) < 4.78 is 10.4. The van der Waals surface area contributed by atoms with E-state index >= 15 is 0 Å². The molecule has 1 fully saturated rings. The zero-order valence-corrected chi connectivity index (χ0v) is 12.9. The number of carbonyl (C=O) groups excluding carboxylic acids is 2. The molecule has 0 bridgehead atoms. The molecule has 1 aliphatic rings. The highest BCUT2D eigenvalue weighted by Gasteiger charge is 2.38. The van der Waals surface area contributed by atoms with Crippen molar-refractivity contribution in [1.29, 1.82) is 0 Å². The SMILES string of the molecule is CC1(C)OC(=O)C(=Cc2cc(Cl)c(Br)cc2O)C(=O)O1. The molecule has 2 rings (SSSR count). The summed E-state index contributed by atoms with van der Waals surface area (Å²) in [6.07, 6.45) is 1.17. The van der Waals surface area contributed by atoms with Crippen LogP contribution in [0.4, 0.5) is 0 Å². The van der Waals surface area contributed by atoms with Crippen LogP contribution in [0.5, 0.6) is 5.75 Å². The molecule has 1 N–H and O–H groups in total. The van der Waals surface area contributed by atoms with Gasteiger partial charge in [0.2, 0.25) is 0 Å². The first-order valence-corrected chi connectivity index (χ1v) is 6.73. The van der Waals surface area contributed by atoms with Crippen LogP contribution in [0.3, 0.4) is 0 Å². The van der Waals surface area contributed by atoms with Crippen molar-refractivity contribution in [3.63, 3.8) is 0 Å². The highest BCUT2D eigenvalue weighted by molar-refractivity contribution is 9.10. The Labute approximate surface area is 128 Å². The maximum Gasteiger partial charge on any atom is 0.348 e. The third kappa shape index (κ3) is 2.96. The number of benzene rings is 1. The minimum Gasteiger partial charge on any atom is -0.507 e. The van der Waals surface area contributed by atoms with Crippen LogP contribution in [0, 0.1) is 0 Å². The van der Waals surface area contributed by atoms with Crippen LogP contribution in [-0.4, -0.2) is 22.8 Å². The van der Waals surface area contributed by atoms with Crippen LogP contribution >= 0.6 is 27.5 Å². The van der Waals surface area contributed by atoms with Gasteiger partial charge in [-0.1, -0.05) is 11.6 Å². The first kappa shape index (κ1) is 14.9. The number of esters is 2. The second kappa shape index (κ2) is 5.10. The van der Waals surface area contributed by atoms with Crippen LogP contribution in [-0.2, 0) is 19.1 Å². The Morgan fingerprint density at radius 1 is 1.25 bits per heavy atom. The average molecular weight is 362 g/mol. The lowest BCUT2D eigenvalue weighted by molar-refractivity contribution is -0.222. The van der Waals surface area contributed by atoms with E-state index < -0.39 is 17.7 Å². The molecule has 106 valence electrons. The molecular weight excluding hydrogens is 351 g/mol. The molecule has 5 nitrogen and oxygen atoms in total. The Morgan fingerprint density at radius 2 is 1.80 bits per heavy atom. The van der Waals surface area contributed by atoms with Gasteiger partial charge in [-0.15, -0.1) is 0 Å². The molecule has 0 saturated carbocycles. The highest BCUT2D eigenvalue weighted by atomic mass is 79.9. The monoisotopic (exact) mass is 360 g/mol. The van der Waals surface area contributed by atoms with Crippen molar-refractivity contribution in [2.24, 2.45) is 0 Å². The van der Waals surface area contributed by atoms with Gasteiger partial charge in [-0.05, 0) is 34.1 Å². The predicted octanol–water partition coefficient (Wildman–Crippen LogP) is 3.03. The van der Waals surface area contributed by atoms with E-state index in [-0.39, 0.29) is 16.9 Å². The number of aromatic hydroxyl groups is 1. The molecule has 0 spiro atoms. The van der Waals surface area contributed by atoms with E-state index in [0.717, 1.165) is 0 Å². The first-order valence-electron chi connectivity index (χ1n) is 5.56. The molecule has 20 heavy (non-hydrogen) atoms. The van der Waals surface area contributed by atoms with Crippen LogP contribution in [0.1, 0.15) is 19.4 Å². The molecule has 1 aromatic carbocycles. The van der Waals surface area contributed by atoms with Gasteiger partial charge >= 0.3 is 11.9 Å². The lowest BCUT2D eigenvalue weighted by atomic mass is 10.1. The van der Waals surface area contributed by atoms with E-state index in [2.05, 4.69) is 15.9 Å². The fourth-order valence-corrected chi connectivity index (χ4v) is 2.10. The highest BCUT2D eigenvalue weighted by Crippen LogP contribution is 2.32. The number of carbonyl (C=O) groups is 2. The minimum absolute atomic E-state index is 0.140. The number of cyclic esters (lactones) is 2. The van der Waals surface area contributed by atoms with Gasteiger partial charge in [0.1, 0.15) is 11.3 Å². The van der Waals surface area contributed by atoms with Crippen molar-refractivity contribution in [1.82, 2.24) is 0 Å². The van der Waals surface area contributed by atoms with Crippen LogP contribution in [0.25, 0.3) is 6.08 Å². The topological polar surface area (TPSA) is 72.8 Å². The van der Waals surface area contributed by atoms with Crippen molar-refractivity contribution >= 4 is 45.5 Å². The summed E-state index contributed by atoms with van der Waals surface area (Å²) in [4.78, 5) is 23.5. The smallest absolute Gasteiger partial charge is 0.348 e. The van der Waals surface area contributed by atoms with Gasteiger partial charge in [-0.3, -0.25) is 0 Å². The van der Waals surface area contributed by atoms with E-state index in [1.807, 2.05) is 0 Å². The van der Waals surface area contributed by atoms with Gasteiger partial charge in [0.25, 0.3) is 5.79 Å². The number of halogens is 2. The van der Waals surface area contributed by atoms with E-state index in [4.69, 9.17) is 21.1 Å². The molecule has 0 aliphatic carbocycles. The van der Waals surface area contributed by atoms with Gasteiger partial charge in [0.15, 0.2) is 0 Å². The van der Waals surface area contributed by atoms with Crippen LogP contribution in [0.15, 0.2) is 22.2 Å². The van der Waals surface area contributed by atoms with Gasteiger partial charge in [-0.2, -0.15) is 0 Å². The van der Waals surface area contributed by atoms with Crippen molar-refractivity contribution in [2.75, 3.05) is 0 Å². The Hall–Kier alpha value is -1.53. The molecule has 1 aliphatic heterocycles. The van der Waals surface area contributed by atoms with Crippen molar-refractivity contribution in [3.8, 4) is 5.75 Å². The van der Waals surface area contributed by atoms with Crippen molar-refractivity contribution in [2.45, 2.75) is 19.6 Å². The summed E-state index contributed by atoms with van der Waals surface area (Å²) in [5.74, 6) is -3.07. The fraction of sp³-hybridized carbons (Fsp3) is 0.231. The number of ether oxygens (including phenoxy) is 2. The maximum atomic E-state index is 11.8. The standard InChI is InChI=1S/C13H10BrClO5/c1-13(2)19-11(17)7(12(18)20-13)3-6-4-9(15)8(14)5-10(6)16/h3-5,16H,1-2H3. The van der Waals surface area contributed by atoms with Crippen molar-refractivity contribution in [3.05, 3.63) is 32.8 Å². The van der Waals surface area contributed by atoms with Crippen LogP contribution < -0.4 is 0 Å². The first-order chi connectivity index (χ1) is 9.19. The molecule has 0 unspecified atom stereocenters. The van der Waals surface area contributed by atoms with Gasteiger partial charge < -0.3 is 14.6 Å². The molecule has 7 heteroatoms. The van der Waals surface area contributed by atoms with Gasteiger partial charge in [-0.25, -0.2) is 9.59 Å². The molecule has 1 saturated heterocycles. The number of phenols is 1. The zero-order valence-electron chi connectivity index (χ0n) is 10.6. The lowest BCUT2D eigenvalue weighted by Gasteiger charge is -2.29. The zero-order chi connectivity index (χ0) is 15.1. The number of phenolic OH excluding ortho intramolecular Hbond substituents is 1. The second-order valence-corrected chi connectivity index (χ2v) is 5.82. The van der Waals surface area contributed by atoms with Gasteiger partial charge in [0, 0.05) is 23.9 Å². The number of rotatable bonds is 1. The number of hydrogen-bond donors (Lipinski definition) is 1. The van der Waals surface area contributed by atoms with Crippen LogP contribution in [0.2, 0.25) is 5.02 Å². The quantitative estimate of drug-likeness (QED) is 0.473. The molecule has 0 atom stereocenters. The van der Waals surface area contributed by atoms with Crippen molar-refractivity contribution < 1.29 is 24.2 Å². The summed E-state index contributed by atoms with van der Waals surface area (Å²) in [5.41, 5.74) is -0.0974. The summed E-state index contributed by atoms with van der Waals surface area (Å²) >= 11 is 9.05. The Bertz CT molecular complexity index is 614. The van der Waals surface area contributed by atoms with E-state index in [1.165, 1.54) is 32.1 Å². The molecule has 0 radical (unpaired) electrons. The van der Waals surface area contributed by atoms with E-state index in [0.29, 0.717) is 9.50 Å². The molecule has 1 aromatic rings. The largest absolute Gasteiger partial charge is 0.507 e. The molecule has 0 aromatic heterocycles. The predicted molar refractivity (Wildman–Crippen MR) is 75.1 cm³/mol. The second-order valence-electron chi connectivity index (χ2n) is 4.56. The Morgan fingerprint density at radius 3 is 2.35 bits per heavy atom. The molecule has 1 heterocycles. The fourth-order valence-electron chi connectivity index (χ4n) is 1.60. The van der Waals surface area contributed by atoms with Gasteiger partial charge in [0.05, 0.1) is 5.02 Å². The summed E-state index contributed by atoms with van der Waals surface area (Å²) in [6.45, 7) is 2.90. The third-order valence-electron chi connectivity index (χ3n) is 2.49. The van der Waals surface area contributed by atoms with E-state index in [1.54, 1.807) is 0 Å². The average Bonchev–Trinajstić information content (AvgIpc) is 2.28. The summed E-state index contributed by atoms with van der Waals surface area (Å²) in [7, 11) is 0. The molecular formula is C13H10BrClO5. The Balaban J connectivity index is 2.43. The number of hydrogen-bond acceptors (Lipinski definition) is 5. The normalized spacial score (nSPS) is 17.5. The summed E-state index contributed by atoms with van der Waals surface area (Å²) in [5, 5.41) is 10.1. The van der Waals surface area contributed by atoms with E-state index in [9.17, 15) is 14.7 Å². The summed E-state index contributed by atoms with van der Waals surface area (Å²) in [6, 6.07) is 2.77.